The number of esters is 2. The van der Waals surface area contributed by atoms with Crippen molar-refractivity contribution in [2.24, 2.45) is 11.8 Å². The number of hydrazine groups is 1. The number of hydrogen-bond donors (Lipinski definition) is 3. The molecule has 2 atom stereocenters. The van der Waals surface area contributed by atoms with E-state index in [-0.39, 0.29) is 44.3 Å². The van der Waals surface area contributed by atoms with Gasteiger partial charge >= 0.3 is 24.0 Å². The van der Waals surface area contributed by atoms with Crippen LogP contribution >= 0.6 is 0 Å². The highest BCUT2D eigenvalue weighted by molar-refractivity contribution is 5.97. The monoisotopic (exact) mass is 681 g/mol. The van der Waals surface area contributed by atoms with Gasteiger partial charge in [-0.05, 0) is 95.9 Å². The first-order valence-corrected chi connectivity index (χ1v) is 16.8. The summed E-state index contributed by atoms with van der Waals surface area (Å²) < 4.78 is 16.3. The molecule has 0 saturated carbocycles. The Bertz CT molecular complexity index is 1430. The molecule has 268 valence electrons. The Balaban J connectivity index is 1.48. The molecular formula is C37H51N3O9. The fraction of sp³-hybridized carbons (Fsp3) is 0.541. The highest BCUT2D eigenvalue weighted by Crippen LogP contribution is 2.44. The van der Waals surface area contributed by atoms with Crippen LogP contribution in [-0.4, -0.2) is 70.4 Å². The number of nitrogens with two attached hydrogens (primary N) is 1. The van der Waals surface area contributed by atoms with Gasteiger partial charge in [0.05, 0.1) is 0 Å². The molecule has 12 nitrogen and oxygen atoms in total. The molecule has 0 bridgehead atoms. The predicted molar refractivity (Wildman–Crippen MR) is 183 cm³/mol. The van der Waals surface area contributed by atoms with Crippen LogP contribution in [0.1, 0.15) is 104 Å². The van der Waals surface area contributed by atoms with E-state index in [4.69, 9.17) is 20.1 Å². The van der Waals surface area contributed by atoms with Gasteiger partial charge in [0.25, 0.3) is 5.91 Å². The van der Waals surface area contributed by atoms with Crippen LogP contribution in [0.15, 0.2) is 48.5 Å². The van der Waals surface area contributed by atoms with Crippen molar-refractivity contribution < 1.29 is 43.3 Å². The summed E-state index contributed by atoms with van der Waals surface area (Å²) in [6.07, 6.45) is 0.957. The van der Waals surface area contributed by atoms with E-state index in [1.165, 1.54) is 0 Å². The normalized spacial score (nSPS) is 13.8. The number of benzene rings is 2. The number of ether oxygens (including phenoxy) is 3. The molecule has 0 aromatic heterocycles. The van der Waals surface area contributed by atoms with Crippen LogP contribution in [0.25, 0.3) is 11.1 Å². The third-order valence-corrected chi connectivity index (χ3v) is 7.89. The van der Waals surface area contributed by atoms with Gasteiger partial charge in [0.2, 0.25) is 0 Å². The molecule has 0 unspecified atom stereocenters. The zero-order valence-electron chi connectivity index (χ0n) is 29.5. The number of alkyl carbamates (subject to hydrolysis) is 1. The van der Waals surface area contributed by atoms with Crippen molar-refractivity contribution in [2.45, 2.75) is 110 Å². The lowest BCUT2D eigenvalue weighted by Gasteiger charge is -2.26. The second-order valence-electron chi connectivity index (χ2n) is 14.3. The molecule has 0 heterocycles. The number of carbonyl (C=O) groups excluding carboxylic acids is 4. The zero-order valence-corrected chi connectivity index (χ0v) is 29.5. The van der Waals surface area contributed by atoms with E-state index in [1.807, 2.05) is 48.5 Å². The Hall–Kier alpha value is -4.45. The molecule has 3 rings (SSSR count). The van der Waals surface area contributed by atoms with Gasteiger partial charge in [-0.2, -0.15) is 0 Å². The number of carbonyl (C=O) groups is 5. The first kappa shape index (κ1) is 39.0. The van der Waals surface area contributed by atoms with E-state index >= 15 is 0 Å². The molecule has 0 radical (unpaired) electrons. The second kappa shape index (κ2) is 17.3. The molecule has 4 N–H and O–H groups in total. The minimum absolute atomic E-state index is 0.0489. The Labute approximate surface area is 288 Å². The minimum Gasteiger partial charge on any atom is -0.480 e. The molecule has 1 aliphatic rings. The Kier molecular flexibility index (Phi) is 13.8. The standard InChI is InChI=1S/C37H51N3O9/c1-36(2,3)48-31(41)21-12-11-19-28(34(45)49-37(4,5)6)32(42)40(38)22-14-13-20-30(33(43)44)39-35(46)47-23-29-26-17-9-7-15-24(26)25-16-8-10-18-27(25)29/h7-10,15-18,28-30H,11-14,19-23,38H2,1-6H3,(H,39,46)(H,43,44)/t28-,30-/m0/s1. The van der Waals surface area contributed by atoms with E-state index in [9.17, 15) is 29.1 Å². The lowest BCUT2D eigenvalue weighted by atomic mass is 9.98. The first-order valence-electron chi connectivity index (χ1n) is 16.8. The topological polar surface area (TPSA) is 175 Å². The van der Waals surface area contributed by atoms with Gasteiger partial charge in [0, 0.05) is 18.9 Å². The summed E-state index contributed by atoms with van der Waals surface area (Å²) in [7, 11) is 0. The molecule has 0 spiro atoms. The molecule has 49 heavy (non-hydrogen) atoms. The summed E-state index contributed by atoms with van der Waals surface area (Å²) in [5.74, 6) is 1.83. The average molecular weight is 682 g/mol. The van der Waals surface area contributed by atoms with Crippen molar-refractivity contribution in [3.8, 4) is 11.1 Å². The molecule has 2 amide bonds. The molecule has 0 saturated heterocycles. The van der Waals surface area contributed by atoms with Crippen LogP contribution in [-0.2, 0) is 33.4 Å². The van der Waals surface area contributed by atoms with Gasteiger partial charge in [-0.3, -0.25) is 19.4 Å². The quantitative estimate of drug-likeness (QED) is 0.0379. The molecule has 12 heteroatoms. The Morgan fingerprint density at radius 1 is 0.816 bits per heavy atom. The lowest BCUT2D eigenvalue weighted by Crippen LogP contribution is -2.46. The molecule has 0 aliphatic heterocycles. The van der Waals surface area contributed by atoms with Crippen LogP contribution in [0.4, 0.5) is 4.79 Å². The van der Waals surface area contributed by atoms with Gasteiger partial charge in [-0.1, -0.05) is 55.0 Å². The number of amides is 2. The van der Waals surface area contributed by atoms with Gasteiger partial charge < -0.3 is 24.6 Å². The summed E-state index contributed by atoms with van der Waals surface area (Å²) in [5, 5.41) is 13.1. The van der Waals surface area contributed by atoms with E-state index in [0.717, 1.165) is 27.3 Å². The summed E-state index contributed by atoms with van der Waals surface area (Å²) in [5.41, 5.74) is 2.82. The summed E-state index contributed by atoms with van der Waals surface area (Å²) in [6, 6.07) is 14.6. The van der Waals surface area contributed by atoms with Gasteiger partial charge in [-0.25, -0.2) is 15.4 Å². The highest BCUT2D eigenvalue weighted by Gasteiger charge is 2.34. The highest BCUT2D eigenvalue weighted by atomic mass is 16.6. The van der Waals surface area contributed by atoms with Gasteiger partial charge in [0.15, 0.2) is 0 Å². The molecular weight excluding hydrogens is 630 g/mol. The zero-order chi connectivity index (χ0) is 36.4. The Morgan fingerprint density at radius 3 is 1.92 bits per heavy atom. The average Bonchev–Trinajstić information content (AvgIpc) is 3.32. The van der Waals surface area contributed by atoms with E-state index in [1.54, 1.807) is 41.5 Å². The van der Waals surface area contributed by atoms with Crippen molar-refractivity contribution in [1.82, 2.24) is 10.3 Å². The smallest absolute Gasteiger partial charge is 0.407 e. The molecule has 2 aromatic carbocycles. The van der Waals surface area contributed by atoms with Crippen LogP contribution in [0.2, 0.25) is 0 Å². The fourth-order valence-electron chi connectivity index (χ4n) is 5.71. The summed E-state index contributed by atoms with van der Waals surface area (Å²) in [4.78, 5) is 62.8. The number of unbranched alkanes of at least 4 members (excludes halogenated alkanes) is 2. The lowest BCUT2D eigenvalue weighted by molar-refractivity contribution is -0.165. The van der Waals surface area contributed by atoms with Crippen LogP contribution in [0.3, 0.4) is 0 Å². The van der Waals surface area contributed by atoms with Crippen LogP contribution in [0, 0.1) is 5.92 Å². The van der Waals surface area contributed by atoms with E-state index < -0.39 is 47.1 Å². The van der Waals surface area contributed by atoms with Gasteiger partial charge in [0.1, 0.15) is 29.8 Å². The number of nitrogens with zero attached hydrogens (tertiary/aromatic N) is 1. The predicted octanol–water partition coefficient (Wildman–Crippen LogP) is 5.71. The van der Waals surface area contributed by atoms with Crippen molar-refractivity contribution in [1.29, 1.82) is 0 Å². The first-order chi connectivity index (χ1) is 23.0. The number of nitrogens with one attached hydrogen (secondary N) is 1. The maximum Gasteiger partial charge on any atom is 0.407 e. The van der Waals surface area contributed by atoms with Crippen molar-refractivity contribution in [3.05, 3.63) is 59.7 Å². The second-order valence-corrected chi connectivity index (χ2v) is 14.3. The Morgan fingerprint density at radius 2 is 1.37 bits per heavy atom. The number of fused-ring (bicyclic) bond motifs is 3. The molecule has 0 fully saturated rings. The SMILES string of the molecule is CC(C)(C)OC(=O)CCCC[C@H](C(=O)OC(C)(C)C)C(=O)N(N)CCCC[C@H](NC(=O)OCC1c2ccccc2-c2ccccc21)C(=O)O. The number of aliphatic carboxylic acids is 1. The summed E-state index contributed by atoms with van der Waals surface area (Å²) >= 11 is 0. The largest absolute Gasteiger partial charge is 0.480 e. The van der Waals surface area contributed by atoms with E-state index in [0.29, 0.717) is 25.7 Å². The maximum atomic E-state index is 13.2. The van der Waals surface area contributed by atoms with Crippen LogP contribution < -0.4 is 11.2 Å². The molecule has 1 aliphatic carbocycles. The third kappa shape index (κ3) is 12.2. The number of carboxylic acid groups (broad SMARTS) is 1. The minimum atomic E-state index is -1.22. The van der Waals surface area contributed by atoms with Gasteiger partial charge in [-0.15, -0.1) is 0 Å². The molecule has 2 aromatic rings. The number of carboxylic acids is 1. The number of rotatable bonds is 16. The maximum absolute atomic E-state index is 13.2. The third-order valence-electron chi connectivity index (χ3n) is 7.89. The van der Waals surface area contributed by atoms with Crippen molar-refractivity contribution >= 4 is 29.9 Å². The van der Waals surface area contributed by atoms with E-state index in [2.05, 4.69) is 5.32 Å². The number of hydrogen-bond acceptors (Lipinski definition) is 9. The van der Waals surface area contributed by atoms with Crippen LogP contribution in [0.5, 0.6) is 0 Å². The van der Waals surface area contributed by atoms with Crippen molar-refractivity contribution in [3.63, 3.8) is 0 Å². The van der Waals surface area contributed by atoms with Crippen molar-refractivity contribution in [2.75, 3.05) is 13.2 Å². The fourth-order valence-corrected chi connectivity index (χ4v) is 5.71. The summed E-state index contributed by atoms with van der Waals surface area (Å²) in [6.45, 7) is 10.5.